The van der Waals surface area contributed by atoms with E-state index < -0.39 is 0 Å². The molecule has 0 aliphatic heterocycles. The summed E-state index contributed by atoms with van der Waals surface area (Å²) in [7, 11) is 0. The van der Waals surface area contributed by atoms with Crippen LogP contribution < -0.4 is 0 Å². The molecule has 0 aliphatic rings. The molecule has 0 amide bonds. The third-order valence-corrected chi connectivity index (χ3v) is 11.2. The molecule has 252 valence electrons. The first kappa shape index (κ1) is 30.5. The van der Waals surface area contributed by atoms with Crippen LogP contribution in [-0.4, -0.2) is 0 Å². The number of hydrogen-bond acceptors (Lipinski definition) is 2. The first-order valence-corrected chi connectivity index (χ1v) is 18.3. The van der Waals surface area contributed by atoms with E-state index in [4.69, 9.17) is 8.83 Å². The minimum Gasteiger partial charge on any atom is -0.452 e. The van der Waals surface area contributed by atoms with Crippen molar-refractivity contribution in [3.8, 4) is 33.4 Å². The summed E-state index contributed by atoms with van der Waals surface area (Å²) >= 11 is 0. The standard InChI is InChI=1S/C52H32O2/c1-3-33-34(4-2)42(48-38-20-10-8-18-36(38)47(31-16-6-5-7-17-31)37-19-9-11-21-39(37)48)28-27-35(33)32-26-29-46-44(30-32)50-41-23-13-12-22-40(41)49-43-24-14-15-25-45(43)53-51(49)52(50)54-46/h3-30H,1-2H2. The van der Waals surface area contributed by atoms with Crippen LogP contribution in [0.2, 0.25) is 0 Å². The largest absolute Gasteiger partial charge is 0.452 e. The Morgan fingerprint density at radius 3 is 1.43 bits per heavy atom. The fourth-order valence-corrected chi connectivity index (χ4v) is 8.96. The van der Waals surface area contributed by atoms with Crippen LogP contribution in [0.3, 0.4) is 0 Å². The fraction of sp³-hybridized carbons (Fsp3) is 0. The van der Waals surface area contributed by atoms with Gasteiger partial charge in [0.2, 0.25) is 0 Å². The summed E-state index contributed by atoms with van der Waals surface area (Å²) in [6, 6.07) is 56.1. The summed E-state index contributed by atoms with van der Waals surface area (Å²) < 4.78 is 13.2. The predicted molar refractivity (Wildman–Crippen MR) is 230 cm³/mol. The number of furan rings is 2. The second kappa shape index (κ2) is 11.7. The molecule has 11 aromatic rings. The molecule has 11 rings (SSSR count). The molecule has 2 nitrogen and oxygen atoms in total. The van der Waals surface area contributed by atoms with Gasteiger partial charge in [0.15, 0.2) is 11.2 Å². The van der Waals surface area contributed by atoms with Gasteiger partial charge in [0.05, 0.1) is 0 Å². The molecule has 0 N–H and O–H groups in total. The number of hydrogen-bond donors (Lipinski definition) is 0. The molecular weight excluding hydrogens is 657 g/mol. The number of fused-ring (bicyclic) bond motifs is 12. The van der Waals surface area contributed by atoms with Crippen molar-refractivity contribution < 1.29 is 8.83 Å². The fourth-order valence-electron chi connectivity index (χ4n) is 8.96. The van der Waals surface area contributed by atoms with Gasteiger partial charge in [-0.3, -0.25) is 0 Å². The normalized spacial score (nSPS) is 11.9. The Balaban J connectivity index is 1.17. The van der Waals surface area contributed by atoms with Gasteiger partial charge in [-0.15, -0.1) is 0 Å². The molecule has 0 saturated heterocycles. The van der Waals surface area contributed by atoms with Gasteiger partial charge in [-0.2, -0.15) is 0 Å². The van der Waals surface area contributed by atoms with Gasteiger partial charge in [0, 0.05) is 21.5 Å². The summed E-state index contributed by atoms with van der Waals surface area (Å²) in [5, 5.41) is 11.4. The van der Waals surface area contributed by atoms with Gasteiger partial charge in [-0.1, -0.05) is 165 Å². The highest BCUT2D eigenvalue weighted by molar-refractivity contribution is 6.33. The van der Waals surface area contributed by atoms with Crippen molar-refractivity contribution in [2.24, 2.45) is 0 Å². The maximum Gasteiger partial charge on any atom is 0.179 e. The molecule has 9 aromatic carbocycles. The molecule has 2 heterocycles. The van der Waals surface area contributed by atoms with E-state index in [-0.39, 0.29) is 0 Å². The number of benzene rings is 9. The molecule has 0 atom stereocenters. The summed E-state index contributed by atoms with van der Waals surface area (Å²) in [4.78, 5) is 0. The summed E-state index contributed by atoms with van der Waals surface area (Å²) in [5.74, 6) is 0. The van der Waals surface area contributed by atoms with Crippen molar-refractivity contribution in [2.45, 2.75) is 0 Å². The minimum atomic E-state index is 0.774. The lowest BCUT2D eigenvalue weighted by Crippen LogP contribution is -1.95. The van der Waals surface area contributed by atoms with E-state index in [1.54, 1.807) is 0 Å². The second-order valence-corrected chi connectivity index (χ2v) is 14.0. The van der Waals surface area contributed by atoms with Crippen molar-refractivity contribution in [2.75, 3.05) is 0 Å². The summed E-state index contributed by atoms with van der Waals surface area (Å²) in [6.45, 7) is 8.73. The Morgan fingerprint density at radius 2 is 0.815 bits per heavy atom. The topological polar surface area (TPSA) is 26.3 Å². The molecule has 0 aliphatic carbocycles. The van der Waals surface area contributed by atoms with Crippen LogP contribution in [0, 0.1) is 0 Å². The zero-order chi connectivity index (χ0) is 35.9. The SMILES string of the molecule is C=Cc1c(-c2ccc3oc4c5oc6ccccc6c5c5ccccc5c4c3c2)ccc(-c2c3ccccc3c(-c3ccccc3)c3ccccc23)c1C=C. The van der Waals surface area contributed by atoms with Gasteiger partial charge in [0.1, 0.15) is 11.2 Å². The smallest absolute Gasteiger partial charge is 0.179 e. The second-order valence-electron chi connectivity index (χ2n) is 14.0. The van der Waals surface area contributed by atoms with Gasteiger partial charge in [0.25, 0.3) is 0 Å². The molecule has 54 heavy (non-hydrogen) atoms. The van der Waals surface area contributed by atoms with Crippen LogP contribution in [0.15, 0.2) is 180 Å². The van der Waals surface area contributed by atoms with E-state index >= 15 is 0 Å². The molecule has 2 aromatic heterocycles. The average Bonchev–Trinajstić information content (AvgIpc) is 3.82. The Hall–Kier alpha value is -7.16. The molecule has 0 radical (unpaired) electrons. The lowest BCUT2D eigenvalue weighted by molar-refractivity contribution is 0.633. The molecule has 2 heteroatoms. The van der Waals surface area contributed by atoms with Gasteiger partial charge < -0.3 is 8.83 Å². The summed E-state index contributed by atoms with van der Waals surface area (Å²) in [6.07, 6.45) is 3.96. The third kappa shape index (κ3) is 4.22. The average molecular weight is 689 g/mol. The van der Waals surface area contributed by atoms with Crippen LogP contribution in [0.25, 0.3) is 122 Å². The highest BCUT2D eigenvalue weighted by Crippen LogP contribution is 2.48. The Labute approximate surface area is 311 Å². The highest BCUT2D eigenvalue weighted by Gasteiger charge is 2.23. The van der Waals surface area contributed by atoms with Crippen LogP contribution >= 0.6 is 0 Å². The molecule has 0 spiro atoms. The molecule has 0 fully saturated rings. The van der Waals surface area contributed by atoms with E-state index in [2.05, 4.69) is 159 Å². The van der Waals surface area contributed by atoms with E-state index in [0.29, 0.717) is 0 Å². The first-order chi connectivity index (χ1) is 26.7. The van der Waals surface area contributed by atoms with Crippen molar-refractivity contribution >= 4 is 88.3 Å². The van der Waals surface area contributed by atoms with Crippen LogP contribution in [-0.2, 0) is 0 Å². The Morgan fingerprint density at radius 1 is 0.352 bits per heavy atom. The zero-order valence-corrected chi connectivity index (χ0v) is 29.4. The lowest BCUT2D eigenvalue weighted by atomic mass is 9.82. The third-order valence-electron chi connectivity index (χ3n) is 11.2. The maximum absolute atomic E-state index is 6.67. The van der Waals surface area contributed by atoms with E-state index in [1.165, 1.54) is 38.2 Å². The highest BCUT2D eigenvalue weighted by atomic mass is 16.4. The molecular formula is C52H32O2. The monoisotopic (exact) mass is 688 g/mol. The van der Waals surface area contributed by atoms with Crippen LogP contribution in [0.4, 0.5) is 0 Å². The van der Waals surface area contributed by atoms with Crippen molar-refractivity contribution in [3.63, 3.8) is 0 Å². The lowest BCUT2D eigenvalue weighted by Gasteiger charge is -2.21. The minimum absolute atomic E-state index is 0.774. The first-order valence-electron chi connectivity index (χ1n) is 18.3. The van der Waals surface area contributed by atoms with Crippen molar-refractivity contribution in [1.82, 2.24) is 0 Å². The Bertz CT molecular complexity index is 3300. The van der Waals surface area contributed by atoms with E-state index in [9.17, 15) is 0 Å². The number of rotatable bonds is 5. The van der Waals surface area contributed by atoms with Crippen LogP contribution in [0.5, 0.6) is 0 Å². The van der Waals surface area contributed by atoms with Gasteiger partial charge >= 0.3 is 0 Å². The summed E-state index contributed by atoms with van der Waals surface area (Å²) in [5.41, 5.74) is 12.3. The van der Waals surface area contributed by atoms with Crippen molar-refractivity contribution in [1.29, 1.82) is 0 Å². The predicted octanol–water partition coefficient (Wildman–Crippen LogP) is 15.2. The van der Waals surface area contributed by atoms with Gasteiger partial charge in [-0.25, -0.2) is 0 Å². The molecule has 0 unspecified atom stereocenters. The quantitative estimate of drug-likeness (QED) is 0.168. The maximum atomic E-state index is 6.67. The number of para-hydroxylation sites is 1. The van der Waals surface area contributed by atoms with E-state index in [0.717, 1.165) is 82.5 Å². The van der Waals surface area contributed by atoms with Crippen LogP contribution in [0.1, 0.15) is 11.1 Å². The van der Waals surface area contributed by atoms with Gasteiger partial charge in [-0.05, 0) is 95.0 Å². The Kier molecular flexibility index (Phi) is 6.59. The van der Waals surface area contributed by atoms with Crippen molar-refractivity contribution in [3.05, 3.63) is 182 Å². The zero-order valence-electron chi connectivity index (χ0n) is 29.4. The molecule has 0 saturated carbocycles. The van der Waals surface area contributed by atoms with E-state index in [1.807, 2.05) is 24.3 Å². The molecule has 0 bridgehead atoms.